The minimum atomic E-state index is -0.734. The van der Waals surface area contributed by atoms with Crippen molar-refractivity contribution in [2.24, 2.45) is 0 Å². The molecule has 164 valence electrons. The number of aliphatic hydroxyl groups is 1. The average Bonchev–Trinajstić information content (AvgIpc) is 3.06. The van der Waals surface area contributed by atoms with E-state index >= 15 is 0 Å². The molecule has 2 aromatic carbocycles. The molecule has 1 atom stereocenters. The number of carbonyl (C=O) groups is 2. The van der Waals surface area contributed by atoms with Crippen molar-refractivity contribution in [2.45, 2.75) is 25.8 Å². The molecule has 0 aromatic heterocycles. The summed E-state index contributed by atoms with van der Waals surface area (Å²) in [5, 5.41) is 11.3. The second-order valence-corrected chi connectivity index (χ2v) is 7.16. The van der Waals surface area contributed by atoms with Crippen LogP contribution in [0.5, 0.6) is 17.2 Å². The van der Waals surface area contributed by atoms with Crippen LogP contribution < -0.4 is 14.2 Å². The zero-order chi connectivity index (χ0) is 22.5. The van der Waals surface area contributed by atoms with Crippen molar-refractivity contribution in [1.29, 1.82) is 0 Å². The summed E-state index contributed by atoms with van der Waals surface area (Å²) in [7, 11) is 4.50. The highest BCUT2D eigenvalue weighted by atomic mass is 16.5. The number of carbonyl (C=O) groups excluding carboxylic acids is 2. The van der Waals surface area contributed by atoms with E-state index in [2.05, 4.69) is 0 Å². The fourth-order valence-corrected chi connectivity index (χ4v) is 3.79. The summed E-state index contributed by atoms with van der Waals surface area (Å²) in [4.78, 5) is 27.5. The third kappa shape index (κ3) is 4.08. The maximum atomic E-state index is 13.1. The van der Waals surface area contributed by atoms with Crippen LogP contribution in [0.3, 0.4) is 0 Å². The standard InChI is InChI=1S/C24H27NO6/c1-5-6-14-25-21(15-10-12-16(29-2)13-11-15)20(23(27)24(25)28)22(26)19-17(30-3)8-7-9-18(19)31-4/h7-13,21,26H,5-6,14H2,1-4H3/b22-20+. The van der Waals surface area contributed by atoms with Gasteiger partial charge in [0.2, 0.25) is 0 Å². The molecule has 1 fully saturated rings. The molecule has 31 heavy (non-hydrogen) atoms. The first-order chi connectivity index (χ1) is 15.0. The van der Waals surface area contributed by atoms with E-state index in [-0.39, 0.29) is 16.9 Å². The van der Waals surface area contributed by atoms with Gasteiger partial charge in [-0.15, -0.1) is 0 Å². The van der Waals surface area contributed by atoms with Gasteiger partial charge in [0.05, 0.1) is 32.9 Å². The highest BCUT2D eigenvalue weighted by Gasteiger charge is 2.46. The quantitative estimate of drug-likeness (QED) is 0.392. The lowest BCUT2D eigenvalue weighted by Gasteiger charge is -2.25. The predicted molar refractivity (Wildman–Crippen MR) is 116 cm³/mol. The molecule has 0 saturated carbocycles. The number of unbranched alkanes of at least 4 members (excludes halogenated alkanes) is 1. The van der Waals surface area contributed by atoms with E-state index in [1.54, 1.807) is 49.6 Å². The van der Waals surface area contributed by atoms with Gasteiger partial charge in [-0.05, 0) is 36.2 Å². The van der Waals surface area contributed by atoms with Gasteiger partial charge in [0.25, 0.3) is 11.7 Å². The number of hydrogen-bond donors (Lipinski definition) is 1. The molecule has 2 aromatic rings. The van der Waals surface area contributed by atoms with Gasteiger partial charge in [0, 0.05) is 6.54 Å². The first-order valence-corrected chi connectivity index (χ1v) is 10.1. The zero-order valence-electron chi connectivity index (χ0n) is 18.2. The fourth-order valence-electron chi connectivity index (χ4n) is 3.79. The molecule has 7 heteroatoms. The third-order valence-corrected chi connectivity index (χ3v) is 5.39. The van der Waals surface area contributed by atoms with E-state index in [9.17, 15) is 14.7 Å². The summed E-state index contributed by atoms with van der Waals surface area (Å²) < 4.78 is 16.0. The first kappa shape index (κ1) is 22.2. The molecule has 3 rings (SSSR count). The first-order valence-electron chi connectivity index (χ1n) is 10.1. The largest absolute Gasteiger partial charge is 0.506 e. The zero-order valence-corrected chi connectivity index (χ0v) is 18.2. The van der Waals surface area contributed by atoms with Crippen LogP contribution in [0.15, 0.2) is 48.0 Å². The Kier molecular flexibility index (Phi) is 6.84. The van der Waals surface area contributed by atoms with E-state index in [1.807, 2.05) is 6.92 Å². The third-order valence-electron chi connectivity index (χ3n) is 5.39. The van der Waals surface area contributed by atoms with Crippen molar-refractivity contribution in [3.05, 3.63) is 59.2 Å². The van der Waals surface area contributed by atoms with Crippen LogP contribution in [-0.4, -0.2) is 49.6 Å². The Balaban J connectivity index is 2.24. The number of ketones is 1. The summed E-state index contributed by atoms with van der Waals surface area (Å²) in [6.07, 6.45) is 1.59. The average molecular weight is 425 g/mol. The van der Waals surface area contributed by atoms with Crippen molar-refractivity contribution in [3.63, 3.8) is 0 Å². The van der Waals surface area contributed by atoms with Gasteiger partial charge in [-0.1, -0.05) is 31.5 Å². The van der Waals surface area contributed by atoms with Gasteiger partial charge in [0.15, 0.2) is 0 Å². The molecule has 0 spiro atoms. The van der Waals surface area contributed by atoms with Crippen LogP contribution in [0.1, 0.15) is 36.9 Å². The number of hydrogen-bond acceptors (Lipinski definition) is 6. The Morgan fingerprint density at radius 2 is 1.58 bits per heavy atom. The normalized spacial score (nSPS) is 17.7. The lowest BCUT2D eigenvalue weighted by Crippen LogP contribution is -2.30. The molecule has 1 aliphatic heterocycles. The number of nitrogens with zero attached hydrogens (tertiary/aromatic N) is 1. The summed E-state index contributed by atoms with van der Waals surface area (Å²) >= 11 is 0. The lowest BCUT2D eigenvalue weighted by molar-refractivity contribution is -0.139. The van der Waals surface area contributed by atoms with Gasteiger partial charge in [-0.2, -0.15) is 0 Å². The molecule has 1 heterocycles. The van der Waals surface area contributed by atoms with Crippen LogP contribution in [0.4, 0.5) is 0 Å². The van der Waals surface area contributed by atoms with Crippen molar-refractivity contribution < 1.29 is 28.9 Å². The van der Waals surface area contributed by atoms with Crippen LogP contribution in [0, 0.1) is 0 Å². The number of likely N-dealkylation sites (tertiary alicyclic amines) is 1. The molecule has 0 aliphatic carbocycles. The molecular weight excluding hydrogens is 398 g/mol. The molecule has 1 saturated heterocycles. The molecule has 1 aliphatic rings. The van der Waals surface area contributed by atoms with E-state index in [0.29, 0.717) is 29.4 Å². The molecule has 1 N–H and O–H groups in total. The minimum absolute atomic E-state index is 0.00840. The summed E-state index contributed by atoms with van der Waals surface area (Å²) in [6.45, 7) is 2.41. The Hall–Kier alpha value is -3.48. The molecule has 1 amide bonds. The predicted octanol–water partition coefficient (Wildman–Crippen LogP) is 3.93. The minimum Gasteiger partial charge on any atom is -0.506 e. The van der Waals surface area contributed by atoms with Crippen LogP contribution >= 0.6 is 0 Å². The number of benzene rings is 2. The molecule has 7 nitrogen and oxygen atoms in total. The lowest BCUT2D eigenvalue weighted by atomic mass is 9.94. The monoisotopic (exact) mass is 425 g/mol. The maximum Gasteiger partial charge on any atom is 0.295 e. The van der Waals surface area contributed by atoms with E-state index in [1.165, 1.54) is 19.1 Å². The Morgan fingerprint density at radius 3 is 2.10 bits per heavy atom. The highest BCUT2D eigenvalue weighted by Crippen LogP contribution is 2.43. The fraction of sp³-hybridized carbons (Fsp3) is 0.333. The number of aliphatic hydroxyl groups excluding tert-OH is 1. The van der Waals surface area contributed by atoms with E-state index in [4.69, 9.17) is 14.2 Å². The second kappa shape index (κ2) is 9.55. The Morgan fingerprint density at radius 1 is 0.968 bits per heavy atom. The van der Waals surface area contributed by atoms with Crippen molar-refractivity contribution in [1.82, 2.24) is 4.90 Å². The Labute approximate surface area is 181 Å². The summed E-state index contributed by atoms with van der Waals surface area (Å²) in [5.74, 6) is -0.365. The topological polar surface area (TPSA) is 85.3 Å². The highest BCUT2D eigenvalue weighted by molar-refractivity contribution is 6.46. The van der Waals surface area contributed by atoms with Crippen LogP contribution in [-0.2, 0) is 9.59 Å². The number of amides is 1. The van der Waals surface area contributed by atoms with Gasteiger partial charge in [0.1, 0.15) is 28.6 Å². The van der Waals surface area contributed by atoms with Gasteiger partial charge in [-0.25, -0.2) is 0 Å². The van der Waals surface area contributed by atoms with Crippen molar-refractivity contribution in [2.75, 3.05) is 27.9 Å². The summed E-state index contributed by atoms with van der Waals surface area (Å²) in [5.41, 5.74) is 0.945. The number of ether oxygens (including phenoxy) is 3. The Bertz CT molecular complexity index is 973. The molecule has 0 bridgehead atoms. The molecule has 0 radical (unpaired) electrons. The SMILES string of the molecule is CCCCN1C(=O)C(=O)/C(=C(/O)c2c(OC)cccc2OC)C1c1ccc(OC)cc1. The number of Topliss-reactive ketones (excluding diaryl/α,β-unsaturated/α-hetero) is 1. The van der Waals surface area contributed by atoms with Crippen LogP contribution in [0.25, 0.3) is 5.76 Å². The number of rotatable bonds is 8. The molecule has 1 unspecified atom stereocenters. The van der Waals surface area contributed by atoms with E-state index in [0.717, 1.165) is 12.8 Å². The smallest absolute Gasteiger partial charge is 0.295 e. The van der Waals surface area contributed by atoms with Gasteiger partial charge < -0.3 is 24.2 Å². The van der Waals surface area contributed by atoms with Gasteiger partial charge in [-0.3, -0.25) is 9.59 Å². The van der Waals surface area contributed by atoms with Crippen molar-refractivity contribution in [3.8, 4) is 17.2 Å². The van der Waals surface area contributed by atoms with Crippen LogP contribution in [0.2, 0.25) is 0 Å². The van der Waals surface area contributed by atoms with Gasteiger partial charge >= 0.3 is 0 Å². The van der Waals surface area contributed by atoms with E-state index < -0.39 is 17.7 Å². The van der Waals surface area contributed by atoms with Crippen molar-refractivity contribution >= 4 is 17.4 Å². The molecular formula is C24H27NO6. The second-order valence-electron chi connectivity index (χ2n) is 7.16. The number of methoxy groups -OCH3 is 3. The summed E-state index contributed by atoms with van der Waals surface area (Å²) in [6, 6.07) is 11.4. The maximum absolute atomic E-state index is 13.1.